The first-order valence-electron chi connectivity index (χ1n) is 6.71. The van der Waals surface area contributed by atoms with Gasteiger partial charge in [0.2, 0.25) is 0 Å². The fourth-order valence-electron chi connectivity index (χ4n) is 2.06. The van der Waals surface area contributed by atoms with Crippen molar-refractivity contribution >= 4 is 37.9 Å². The molecule has 0 aromatic carbocycles. The second-order valence-corrected chi connectivity index (χ2v) is 6.94. The molecule has 20 heavy (non-hydrogen) atoms. The lowest BCUT2D eigenvalue weighted by Gasteiger charge is -2.07. The van der Waals surface area contributed by atoms with Gasteiger partial charge in [-0.2, -0.15) is 5.10 Å². The molecule has 0 aliphatic heterocycles. The molecule has 0 spiro atoms. The number of ketones is 1. The van der Waals surface area contributed by atoms with Gasteiger partial charge in [-0.1, -0.05) is 6.92 Å². The molecule has 0 fully saturated rings. The Morgan fingerprint density at radius 2 is 2.25 bits per heavy atom. The molecule has 0 aliphatic rings. The second-order valence-electron chi connectivity index (χ2n) is 4.90. The summed E-state index contributed by atoms with van der Waals surface area (Å²) in [6.07, 6.45) is 3.39. The lowest BCUT2D eigenvalue weighted by atomic mass is 10.2. The molecule has 0 saturated heterocycles. The van der Waals surface area contributed by atoms with E-state index in [0.717, 1.165) is 17.0 Å². The minimum Gasteiger partial charge on any atom is -0.293 e. The number of Topliss-reactive ketones (excluding diaryl/α,β-unsaturated/α-hetero) is 1. The third kappa shape index (κ3) is 2.55. The van der Waals surface area contributed by atoms with Gasteiger partial charge in [-0.15, -0.1) is 22.7 Å². The van der Waals surface area contributed by atoms with E-state index in [0.29, 0.717) is 12.5 Å². The standard InChI is InChI=1S/C15H16N2OS2/c1-3-10(2)17-6-4-11(16-17)8-12(18)14-9-15-13(20-14)5-7-19-15/h4-7,9-10H,3,8H2,1-2H3. The van der Waals surface area contributed by atoms with Crippen LogP contribution in [0.5, 0.6) is 0 Å². The van der Waals surface area contributed by atoms with Crippen LogP contribution in [0.4, 0.5) is 0 Å². The number of nitrogens with zero attached hydrogens (tertiary/aromatic N) is 2. The highest BCUT2D eigenvalue weighted by Gasteiger charge is 2.14. The Kier molecular flexibility index (Phi) is 3.72. The van der Waals surface area contributed by atoms with E-state index >= 15 is 0 Å². The molecular formula is C15H16N2OS2. The molecule has 1 atom stereocenters. The molecule has 0 saturated carbocycles. The lowest BCUT2D eigenvalue weighted by molar-refractivity contribution is 0.0995. The van der Waals surface area contributed by atoms with Crippen LogP contribution in [0.2, 0.25) is 0 Å². The van der Waals surface area contributed by atoms with Crippen LogP contribution in [-0.4, -0.2) is 15.6 Å². The van der Waals surface area contributed by atoms with E-state index in [4.69, 9.17) is 0 Å². The van der Waals surface area contributed by atoms with Crippen LogP contribution in [-0.2, 0) is 6.42 Å². The predicted molar refractivity (Wildman–Crippen MR) is 85.0 cm³/mol. The molecular weight excluding hydrogens is 288 g/mol. The lowest BCUT2D eigenvalue weighted by Crippen LogP contribution is -2.07. The van der Waals surface area contributed by atoms with Crippen molar-refractivity contribution in [3.8, 4) is 0 Å². The first-order valence-corrected chi connectivity index (χ1v) is 8.41. The maximum absolute atomic E-state index is 12.3. The van der Waals surface area contributed by atoms with E-state index in [1.54, 1.807) is 22.7 Å². The normalized spacial score (nSPS) is 12.9. The number of hydrogen-bond donors (Lipinski definition) is 0. The Morgan fingerprint density at radius 3 is 3.00 bits per heavy atom. The van der Waals surface area contributed by atoms with Crippen molar-refractivity contribution in [3.05, 3.63) is 40.3 Å². The third-order valence-corrected chi connectivity index (χ3v) is 5.60. The van der Waals surface area contributed by atoms with Gasteiger partial charge < -0.3 is 0 Å². The summed E-state index contributed by atoms with van der Waals surface area (Å²) in [6.45, 7) is 4.27. The van der Waals surface area contributed by atoms with Crippen molar-refractivity contribution in [2.45, 2.75) is 32.7 Å². The Balaban J connectivity index is 1.75. The fourth-order valence-corrected chi connectivity index (χ4v) is 4.11. The summed E-state index contributed by atoms with van der Waals surface area (Å²) in [5.41, 5.74) is 0.854. The maximum Gasteiger partial charge on any atom is 0.178 e. The van der Waals surface area contributed by atoms with Crippen LogP contribution < -0.4 is 0 Å². The molecule has 3 heterocycles. The number of fused-ring (bicyclic) bond motifs is 1. The summed E-state index contributed by atoms with van der Waals surface area (Å²) in [4.78, 5) is 13.1. The average Bonchev–Trinajstić information content (AvgIpc) is 3.11. The fraction of sp³-hybridized carbons (Fsp3) is 0.333. The quantitative estimate of drug-likeness (QED) is 0.648. The van der Waals surface area contributed by atoms with Gasteiger partial charge in [-0.3, -0.25) is 9.48 Å². The summed E-state index contributed by atoms with van der Waals surface area (Å²) in [5, 5.41) is 6.55. The Labute approximate surface area is 125 Å². The Bertz CT molecular complexity index is 709. The monoisotopic (exact) mass is 304 g/mol. The van der Waals surface area contributed by atoms with Crippen LogP contribution in [0.25, 0.3) is 9.40 Å². The number of carbonyl (C=O) groups excluding carboxylic acids is 1. The van der Waals surface area contributed by atoms with Gasteiger partial charge in [0.15, 0.2) is 5.78 Å². The number of rotatable bonds is 5. The zero-order valence-corrected chi connectivity index (χ0v) is 13.1. The summed E-state index contributed by atoms with van der Waals surface area (Å²) < 4.78 is 4.34. The van der Waals surface area contributed by atoms with Gasteiger partial charge in [0.1, 0.15) is 0 Å². The van der Waals surface area contributed by atoms with Crippen molar-refractivity contribution in [2.24, 2.45) is 0 Å². The highest BCUT2D eigenvalue weighted by molar-refractivity contribution is 7.27. The Hall–Kier alpha value is -1.46. The zero-order valence-electron chi connectivity index (χ0n) is 11.5. The molecule has 0 bridgehead atoms. The van der Waals surface area contributed by atoms with Gasteiger partial charge in [-0.05, 0) is 36.9 Å². The van der Waals surface area contributed by atoms with Crippen molar-refractivity contribution in [1.29, 1.82) is 0 Å². The molecule has 104 valence electrons. The van der Waals surface area contributed by atoms with Crippen LogP contribution in [0, 0.1) is 0 Å². The molecule has 0 radical (unpaired) electrons. The summed E-state index contributed by atoms with van der Waals surface area (Å²) in [5.74, 6) is 0.160. The molecule has 0 N–H and O–H groups in total. The van der Waals surface area contributed by atoms with E-state index in [9.17, 15) is 4.79 Å². The molecule has 0 aliphatic carbocycles. The van der Waals surface area contributed by atoms with E-state index < -0.39 is 0 Å². The van der Waals surface area contributed by atoms with Crippen molar-refractivity contribution < 1.29 is 4.79 Å². The van der Waals surface area contributed by atoms with Crippen LogP contribution in [0.3, 0.4) is 0 Å². The number of hydrogen-bond acceptors (Lipinski definition) is 4. The first kappa shape index (κ1) is 13.5. The third-order valence-electron chi connectivity index (χ3n) is 3.46. The molecule has 5 heteroatoms. The van der Waals surface area contributed by atoms with Gasteiger partial charge in [0.25, 0.3) is 0 Å². The second kappa shape index (κ2) is 5.50. The number of carbonyl (C=O) groups is 1. The van der Waals surface area contributed by atoms with E-state index in [2.05, 4.69) is 30.4 Å². The van der Waals surface area contributed by atoms with Gasteiger partial charge in [-0.25, -0.2) is 0 Å². The average molecular weight is 304 g/mol. The minimum atomic E-state index is 0.160. The zero-order chi connectivity index (χ0) is 14.1. The Morgan fingerprint density at radius 1 is 1.40 bits per heavy atom. The van der Waals surface area contributed by atoms with Crippen molar-refractivity contribution in [2.75, 3.05) is 0 Å². The molecule has 3 aromatic rings. The minimum absolute atomic E-state index is 0.160. The highest BCUT2D eigenvalue weighted by atomic mass is 32.1. The van der Waals surface area contributed by atoms with Gasteiger partial charge in [0.05, 0.1) is 17.0 Å². The number of aromatic nitrogens is 2. The summed E-state index contributed by atoms with van der Waals surface area (Å²) in [7, 11) is 0. The first-order chi connectivity index (χ1) is 9.67. The molecule has 3 aromatic heterocycles. The topological polar surface area (TPSA) is 34.9 Å². The SMILES string of the molecule is CCC(C)n1ccc(CC(=O)c2cc3sccc3s2)n1. The van der Waals surface area contributed by atoms with Crippen molar-refractivity contribution in [3.63, 3.8) is 0 Å². The van der Waals surface area contributed by atoms with Crippen LogP contribution in [0.1, 0.15) is 41.7 Å². The number of thiophene rings is 2. The molecule has 3 rings (SSSR count). The highest BCUT2D eigenvalue weighted by Crippen LogP contribution is 2.30. The predicted octanol–water partition coefficient (Wildman–Crippen LogP) is 4.56. The molecule has 0 amide bonds. The summed E-state index contributed by atoms with van der Waals surface area (Å²) >= 11 is 3.26. The van der Waals surface area contributed by atoms with Crippen molar-refractivity contribution in [1.82, 2.24) is 9.78 Å². The van der Waals surface area contributed by atoms with Gasteiger partial charge in [0, 0.05) is 21.6 Å². The van der Waals surface area contributed by atoms with E-state index in [1.165, 1.54) is 9.40 Å². The maximum atomic E-state index is 12.3. The summed E-state index contributed by atoms with van der Waals surface area (Å²) in [6, 6.07) is 6.39. The van der Waals surface area contributed by atoms with E-state index in [-0.39, 0.29) is 5.78 Å². The van der Waals surface area contributed by atoms with Gasteiger partial charge >= 0.3 is 0 Å². The van der Waals surface area contributed by atoms with Crippen LogP contribution in [0.15, 0.2) is 29.8 Å². The smallest absolute Gasteiger partial charge is 0.178 e. The van der Waals surface area contributed by atoms with E-state index in [1.807, 2.05) is 23.0 Å². The molecule has 3 nitrogen and oxygen atoms in total. The van der Waals surface area contributed by atoms with Crippen LogP contribution >= 0.6 is 22.7 Å². The molecule has 1 unspecified atom stereocenters. The largest absolute Gasteiger partial charge is 0.293 e.